The van der Waals surface area contributed by atoms with Gasteiger partial charge in [0.15, 0.2) is 0 Å². The monoisotopic (exact) mass is 512 g/mol. The summed E-state index contributed by atoms with van der Waals surface area (Å²) in [5.41, 5.74) is -2.73. The van der Waals surface area contributed by atoms with Gasteiger partial charge in [0.1, 0.15) is 5.78 Å². The molecule has 2 aromatic rings. The zero-order valence-electron chi connectivity index (χ0n) is 19.4. The van der Waals surface area contributed by atoms with E-state index in [1.807, 2.05) is 30.3 Å². The molecule has 2 saturated heterocycles. The zero-order chi connectivity index (χ0) is 26.1. The number of nitrogens with zero attached hydrogens (tertiary/aromatic N) is 2. The van der Waals surface area contributed by atoms with Crippen molar-refractivity contribution in [3.8, 4) is 0 Å². The number of benzene rings is 2. The van der Waals surface area contributed by atoms with Gasteiger partial charge in [-0.25, -0.2) is 0 Å². The van der Waals surface area contributed by atoms with Crippen molar-refractivity contribution < 1.29 is 35.9 Å². The summed E-state index contributed by atoms with van der Waals surface area (Å²) in [7, 11) is 0. The van der Waals surface area contributed by atoms with Crippen LogP contribution in [-0.2, 0) is 23.6 Å². The molecule has 4 rings (SSSR count). The Morgan fingerprint density at radius 2 is 1.44 bits per heavy atom. The van der Waals surface area contributed by atoms with Gasteiger partial charge in [0.2, 0.25) is 0 Å². The molecule has 0 saturated carbocycles. The number of ketones is 1. The first-order valence-corrected chi connectivity index (χ1v) is 11.8. The number of hydrogen-bond donors (Lipinski definition) is 0. The van der Waals surface area contributed by atoms with E-state index >= 15 is 0 Å². The molecule has 2 heterocycles. The van der Waals surface area contributed by atoms with Gasteiger partial charge in [0.25, 0.3) is 5.91 Å². The Labute approximate surface area is 204 Å². The number of alkyl halides is 6. The van der Waals surface area contributed by atoms with Gasteiger partial charge >= 0.3 is 12.4 Å². The Balaban J connectivity index is 1.64. The highest BCUT2D eigenvalue weighted by atomic mass is 19.4. The Morgan fingerprint density at radius 1 is 0.861 bits per heavy atom. The van der Waals surface area contributed by atoms with Gasteiger partial charge in [-0.2, -0.15) is 26.3 Å². The maximum atomic E-state index is 13.4. The lowest BCUT2D eigenvalue weighted by Gasteiger charge is -2.44. The van der Waals surface area contributed by atoms with Crippen molar-refractivity contribution in [1.29, 1.82) is 0 Å². The van der Waals surface area contributed by atoms with Crippen LogP contribution in [0.4, 0.5) is 26.3 Å². The minimum atomic E-state index is -5.03. The standard InChI is InChI=1S/C26H26F6N2O2/c27-25(28,29)19-13-18(14-20(15-19)26(30,31)32)24(36)34-11-6-21(33-9-7-23(35)8-10-33)16-22(34)12-17-4-2-1-3-5-17/h1-5,13-15,21-22H,6-12,16H2. The minimum Gasteiger partial charge on any atom is -0.335 e. The number of carbonyl (C=O) groups is 2. The summed E-state index contributed by atoms with van der Waals surface area (Å²) in [6.45, 7) is 1.42. The van der Waals surface area contributed by atoms with Crippen LogP contribution in [0.2, 0.25) is 0 Å². The van der Waals surface area contributed by atoms with Crippen molar-refractivity contribution in [2.45, 2.75) is 56.5 Å². The van der Waals surface area contributed by atoms with E-state index in [0.29, 0.717) is 57.3 Å². The van der Waals surface area contributed by atoms with E-state index in [0.717, 1.165) is 5.56 Å². The summed E-state index contributed by atoms with van der Waals surface area (Å²) in [4.78, 5) is 28.7. The molecule has 0 bridgehead atoms. The number of hydrogen-bond acceptors (Lipinski definition) is 3. The molecule has 194 valence electrons. The number of amides is 1. The maximum absolute atomic E-state index is 13.4. The van der Waals surface area contributed by atoms with E-state index in [4.69, 9.17) is 0 Å². The van der Waals surface area contributed by atoms with E-state index in [9.17, 15) is 35.9 Å². The van der Waals surface area contributed by atoms with Crippen molar-refractivity contribution >= 4 is 11.7 Å². The second kappa shape index (κ2) is 10.2. The lowest BCUT2D eigenvalue weighted by molar-refractivity contribution is -0.143. The van der Waals surface area contributed by atoms with Crippen molar-refractivity contribution in [2.24, 2.45) is 0 Å². The summed E-state index contributed by atoms with van der Waals surface area (Å²) in [5, 5.41) is 0. The third-order valence-electron chi connectivity index (χ3n) is 6.97. The van der Waals surface area contributed by atoms with Gasteiger partial charge in [-0.05, 0) is 43.0 Å². The van der Waals surface area contributed by atoms with E-state index in [2.05, 4.69) is 4.90 Å². The molecule has 4 nitrogen and oxygen atoms in total. The smallest absolute Gasteiger partial charge is 0.335 e. The molecule has 2 atom stereocenters. The number of rotatable bonds is 4. The topological polar surface area (TPSA) is 40.6 Å². The fourth-order valence-electron chi connectivity index (χ4n) is 5.09. The first-order valence-electron chi connectivity index (χ1n) is 11.8. The highest BCUT2D eigenvalue weighted by Gasteiger charge is 2.40. The fraction of sp³-hybridized carbons (Fsp3) is 0.462. The van der Waals surface area contributed by atoms with Gasteiger partial charge in [0, 0.05) is 50.1 Å². The molecule has 2 aliphatic rings. The van der Waals surface area contributed by atoms with E-state index in [1.54, 1.807) is 0 Å². The second-order valence-electron chi connectivity index (χ2n) is 9.39. The molecule has 2 unspecified atom stereocenters. The van der Waals surface area contributed by atoms with Crippen LogP contribution in [-0.4, -0.2) is 53.2 Å². The van der Waals surface area contributed by atoms with Gasteiger partial charge in [-0.15, -0.1) is 0 Å². The van der Waals surface area contributed by atoms with Gasteiger partial charge in [-0.1, -0.05) is 30.3 Å². The quantitative estimate of drug-likeness (QED) is 0.501. The molecule has 2 aromatic carbocycles. The number of carbonyl (C=O) groups excluding carboxylic acids is 2. The Hall–Kier alpha value is -2.88. The van der Waals surface area contributed by atoms with E-state index < -0.39 is 41.0 Å². The largest absolute Gasteiger partial charge is 0.416 e. The molecule has 0 aliphatic carbocycles. The van der Waals surface area contributed by atoms with E-state index in [1.165, 1.54) is 4.90 Å². The maximum Gasteiger partial charge on any atom is 0.416 e. The Kier molecular flexibility index (Phi) is 7.45. The van der Waals surface area contributed by atoms with Crippen LogP contribution in [0, 0.1) is 0 Å². The molecule has 0 radical (unpaired) electrons. The van der Waals surface area contributed by atoms with Crippen LogP contribution in [0.15, 0.2) is 48.5 Å². The summed E-state index contributed by atoms with van der Waals surface area (Å²) >= 11 is 0. The first kappa shape index (κ1) is 26.2. The molecule has 0 spiro atoms. The first-order chi connectivity index (χ1) is 16.9. The summed E-state index contributed by atoms with van der Waals surface area (Å²) in [6, 6.07) is 9.93. The molecule has 10 heteroatoms. The van der Waals surface area contributed by atoms with Crippen molar-refractivity contribution in [3.05, 3.63) is 70.8 Å². The summed E-state index contributed by atoms with van der Waals surface area (Å²) < 4.78 is 80.2. The highest BCUT2D eigenvalue weighted by Crippen LogP contribution is 2.37. The van der Waals surface area contributed by atoms with Gasteiger partial charge in [0.05, 0.1) is 11.1 Å². The molecule has 0 aromatic heterocycles. The highest BCUT2D eigenvalue weighted by molar-refractivity contribution is 5.95. The number of Topliss-reactive ketones (excluding diaryl/α,β-unsaturated/α-hetero) is 1. The number of likely N-dealkylation sites (tertiary alicyclic amines) is 2. The predicted octanol–water partition coefficient (Wildman–Crippen LogP) is 5.61. The minimum absolute atomic E-state index is 0.0299. The summed E-state index contributed by atoms with van der Waals surface area (Å²) in [6.07, 6.45) is -7.70. The number of halogens is 6. The lowest BCUT2D eigenvalue weighted by Crippen LogP contribution is -2.54. The van der Waals surface area contributed by atoms with Crippen LogP contribution in [0.5, 0.6) is 0 Å². The molecular formula is C26H26F6N2O2. The average Bonchev–Trinajstić information content (AvgIpc) is 2.83. The van der Waals surface area contributed by atoms with Crippen molar-refractivity contribution in [1.82, 2.24) is 9.80 Å². The third-order valence-corrected chi connectivity index (χ3v) is 6.97. The van der Waals surface area contributed by atoms with Gasteiger partial charge in [-0.3, -0.25) is 14.5 Å². The van der Waals surface area contributed by atoms with Crippen LogP contribution in [0.1, 0.15) is 52.7 Å². The molecular weight excluding hydrogens is 486 g/mol. The van der Waals surface area contributed by atoms with Gasteiger partial charge < -0.3 is 4.90 Å². The number of piperidine rings is 2. The molecule has 1 amide bonds. The SMILES string of the molecule is O=C1CCN(C2CCN(C(=O)c3cc(C(F)(F)F)cc(C(F)(F)F)c3)C(Cc3ccccc3)C2)CC1. The summed E-state index contributed by atoms with van der Waals surface area (Å²) in [5.74, 6) is -0.649. The normalized spacial score (nSPS) is 22.1. The molecule has 0 N–H and O–H groups in total. The predicted molar refractivity (Wildman–Crippen MR) is 120 cm³/mol. The van der Waals surface area contributed by atoms with E-state index in [-0.39, 0.29) is 24.4 Å². The van der Waals surface area contributed by atoms with Crippen molar-refractivity contribution in [2.75, 3.05) is 19.6 Å². The third kappa shape index (κ3) is 6.08. The molecule has 2 fully saturated rings. The Morgan fingerprint density at radius 3 is 2.00 bits per heavy atom. The molecule has 2 aliphatic heterocycles. The van der Waals surface area contributed by atoms with Crippen LogP contribution < -0.4 is 0 Å². The van der Waals surface area contributed by atoms with Crippen molar-refractivity contribution in [3.63, 3.8) is 0 Å². The lowest BCUT2D eigenvalue weighted by atomic mass is 9.89. The zero-order valence-corrected chi connectivity index (χ0v) is 19.4. The molecule has 36 heavy (non-hydrogen) atoms. The van der Waals surface area contributed by atoms with Crippen LogP contribution in [0.25, 0.3) is 0 Å². The van der Waals surface area contributed by atoms with Crippen LogP contribution in [0.3, 0.4) is 0 Å². The van der Waals surface area contributed by atoms with Crippen LogP contribution >= 0.6 is 0 Å². The Bertz CT molecular complexity index is 1060. The fourth-order valence-corrected chi connectivity index (χ4v) is 5.09. The average molecular weight is 512 g/mol. The second-order valence-corrected chi connectivity index (χ2v) is 9.39.